The molecule has 0 aliphatic rings. The maximum Gasteiger partial charge on any atom is 0.338 e. The summed E-state index contributed by atoms with van der Waals surface area (Å²) in [5.41, 5.74) is 1.30. The number of carbonyl (C=O) groups is 1. The number of halogens is 1. The summed E-state index contributed by atoms with van der Waals surface area (Å²) >= 11 is 0. The fourth-order valence-corrected chi connectivity index (χ4v) is 1.94. The third-order valence-electron chi connectivity index (χ3n) is 3.04. The molecule has 0 aromatic heterocycles. The van der Waals surface area contributed by atoms with Gasteiger partial charge in [-0.3, -0.25) is 10.1 Å². The van der Waals surface area contributed by atoms with Crippen LogP contribution >= 0.6 is 0 Å². The number of carbonyl (C=O) groups excluding carboxylic acids is 1. The minimum atomic E-state index is -0.668. The molecule has 0 saturated heterocycles. The molecule has 0 unspecified atom stereocenters. The van der Waals surface area contributed by atoms with Gasteiger partial charge in [0, 0.05) is 12.1 Å². The van der Waals surface area contributed by atoms with Gasteiger partial charge in [0.2, 0.25) is 0 Å². The van der Waals surface area contributed by atoms with Crippen molar-refractivity contribution < 1.29 is 18.8 Å². The van der Waals surface area contributed by atoms with Crippen molar-refractivity contribution in [1.82, 2.24) is 0 Å². The number of nitro benzene ring substituents is 1. The molecular weight excluding hydrogens is 277 g/mol. The van der Waals surface area contributed by atoms with Crippen molar-refractivity contribution in [3.05, 3.63) is 63.5 Å². The zero-order chi connectivity index (χ0) is 15.6. The zero-order valence-electron chi connectivity index (χ0n) is 11.4. The van der Waals surface area contributed by atoms with E-state index in [-0.39, 0.29) is 17.1 Å². The monoisotopic (exact) mass is 289 g/mol. The number of rotatable bonds is 3. The Hall–Kier alpha value is -2.76. The molecule has 0 bridgehead atoms. The number of esters is 1. The molecule has 0 amide bonds. The van der Waals surface area contributed by atoms with E-state index in [1.165, 1.54) is 31.4 Å². The summed E-state index contributed by atoms with van der Waals surface area (Å²) in [6.45, 7) is 1.59. The third-order valence-corrected chi connectivity index (χ3v) is 3.04. The Morgan fingerprint density at radius 2 is 1.90 bits per heavy atom. The number of nitro groups is 1. The van der Waals surface area contributed by atoms with Crippen LogP contribution in [0, 0.1) is 22.9 Å². The number of benzene rings is 2. The van der Waals surface area contributed by atoms with Gasteiger partial charge in [0.15, 0.2) is 0 Å². The molecular formula is C15H12FNO4. The molecule has 6 heteroatoms. The minimum absolute atomic E-state index is 0.0729. The second-order valence-corrected chi connectivity index (χ2v) is 4.48. The first-order chi connectivity index (χ1) is 9.92. The SMILES string of the molecule is COC(=O)c1cc(-c2ccc(F)c(C)c2)cc([N+](=O)[O-])c1. The van der Waals surface area contributed by atoms with E-state index in [0.717, 1.165) is 6.07 Å². The molecule has 2 aromatic rings. The number of aryl methyl sites for hydroxylation is 1. The number of nitrogens with zero attached hydrogens (tertiary/aromatic N) is 1. The highest BCUT2D eigenvalue weighted by Gasteiger charge is 2.16. The Labute approximate surface area is 120 Å². The van der Waals surface area contributed by atoms with E-state index in [1.807, 2.05) is 0 Å². The van der Waals surface area contributed by atoms with Crippen LogP contribution in [-0.2, 0) is 4.74 Å². The molecule has 0 saturated carbocycles. The van der Waals surface area contributed by atoms with Crippen LogP contribution in [0.5, 0.6) is 0 Å². The molecule has 0 aliphatic carbocycles. The van der Waals surface area contributed by atoms with Gasteiger partial charge < -0.3 is 4.74 Å². The van der Waals surface area contributed by atoms with Gasteiger partial charge in [-0.25, -0.2) is 9.18 Å². The summed E-state index contributed by atoms with van der Waals surface area (Å²) in [6.07, 6.45) is 0. The van der Waals surface area contributed by atoms with Crippen molar-refractivity contribution >= 4 is 11.7 Å². The average Bonchev–Trinajstić information content (AvgIpc) is 2.48. The van der Waals surface area contributed by atoms with Crippen LogP contribution in [0.2, 0.25) is 0 Å². The first-order valence-electron chi connectivity index (χ1n) is 6.06. The quantitative estimate of drug-likeness (QED) is 0.492. The number of methoxy groups -OCH3 is 1. The molecule has 21 heavy (non-hydrogen) atoms. The number of hydrogen-bond donors (Lipinski definition) is 0. The molecule has 0 heterocycles. The number of ether oxygens (including phenoxy) is 1. The predicted molar refractivity (Wildman–Crippen MR) is 74.6 cm³/mol. The van der Waals surface area contributed by atoms with Crippen LogP contribution in [0.4, 0.5) is 10.1 Å². The van der Waals surface area contributed by atoms with Crippen LogP contribution in [-0.4, -0.2) is 18.0 Å². The minimum Gasteiger partial charge on any atom is -0.465 e. The second kappa shape index (κ2) is 5.70. The highest BCUT2D eigenvalue weighted by atomic mass is 19.1. The maximum atomic E-state index is 13.3. The summed E-state index contributed by atoms with van der Waals surface area (Å²) < 4.78 is 17.9. The van der Waals surface area contributed by atoms with Gasteiger partial charge in [-0.05, 0) is 41.8 Å². The lowest BCUT2D eigenvalue weighted by Gasteiger charge is -2.06. The van der Waals surface area contributed by atoms with Crippen molar-refractivity contribution in [3.8, 4) is 11.1 Å². The molecule has 2 rings (SSSR count). The van der Waals surface area contributed by atoms with E-state index < -0.39 is 10.9 Å². The van der Waals surface area contributed by atoms with Crippen molar-refractivity contribution in [1.29, 1.82) is 0 Å². The van der Waals surface area contributed by atoms with E-state index in [2.05, 4.69) is 4.74 Å². The standard InChI is InChI=1S/C15H12FNO4/c1-9-5-10(3-4-14(9)16)11-6-12(15(18)21-2)8-13(7-11)17(19)20/h3-8H,1-2H3. The van der Waals surface area contributed by atoms with E-state index >= 15 is 0 Å². The number of hydrogen-bond acceptors (Lipinski definition) is 4. The van der Waals surface area contributed by atoms with E-state index in [4.69, 9.17) is 0 Å². The molecule has 5 nitrogen and oxygen atoms in total. The Morgan fingerprint density at radius 3 is 2.48 bits per heavy atom. The van der Waals surface area contributed by atoms with Crippen LogP contribution in [0.3, 0.4) is 0 Å². The normalized spacial score (nSPS) is 10.2. The van der Waals surface area contributed by atoms with Gasteiger partial charge in [-0.1, -0.05) is 6.07 Å². The largest absolute Gasteiger partial charge is 0.465 e. The molecule has 0 spiro atoms. The second-order valence-electron chi connectivity index (χ2n) is 4.48. The topological polar surface area (TPSA) is 69.4 Å². The van der Waals surface area contributed by atoms with Crippen LogP contribution < -0.4 is 0 Å². The molecule has 2 aromatic carbocycles. The van der Waals surface area contributed by atoms with Crippen LogP contribution in [0.15, 0.2) is 36.4 Å². The lowest BCUT2D eigenvalue weighted by Crippen LogP contribution is -2.02. The van der Waals surface area contributed by atoms with Gasteiger partial charge in [0.1, 0.15) is 5.82 Å². The molecule has 0 atom stereocenters. The van der Waals surface area contributed by atoms with Gasteiger partial charge in [0.05, 0.1) is 17.6 Å². The first-order valence-corrected chi connectivity index (χ1v) is 6.06. The lowest BCUT2D eigenvalue weighted by molar-refractivity contribution is -0.384. The Kier molecular flexibility index (Phi) is 3.98. The Balaban J connectivity index is 2.61. The molecule has 0 aliphatic heterocycles. The summed E-state index contributed by atoms with van der Waals surface area (Å²) in [5.74, 6) is -1.03. The van der Waals surface area contributed by atoms with Gasteiger partial charge in [0.25, 0.3) is 5.69 Å². The van der Waals surface area contributed by atoms with Crippen molar-refractivity contribution in [2.75, 3.05) is 7.11 Å². The van der Waals surface area contributed by atoms with Gasteiger partial charge in [-0.15, -0.1) is 0 Å². The van der Waals surface area contributed by atoms with E-state index in [9.17, 15) is 19.3 Å². The van der Waals surface area contributed by atoms with E-state index in [1.54, 1.807) is 13.0 Å². The summed E-state index contributed by atoms with van der Waals surface area (Å²) in [7, 11) is 1.20. The van der Waals surface area contributed by atoms with Crippen molar-refractivity contribution in [2.24, 2.45) is 0 Å². The molecule has 0 N–H and O–H groups in total. The highest BCUT2D eigenvalue weighted by Crippen LogP contribution is 2.27. The van der Waals surface area contributed by atoms with Crippen LogP contribution in [0.25, 0.3) is 11.1 Å². The smallest absolute Gasteiger partial charge is 0.338 e. The van der Waals surface area contributed by atoms with Crippen LogP contribution in [0.1, 0.15) is 15.9 Å². The summed E-state index contributed by atoms with van der Waals surface area (Å²) in [6, 6.07) is 8.30. The maximum absolute atomic E-state index is 13.3. The molecule has 0 fully saturated rings. The third kappa shape index (κ3) is 3.05. The Morgan fingerprint density at radius 1 is 1.19 bits per heavy atom. The van der Waals surface area contributed by atoms with Crippen molar-refractivity contribution in [2.45, 2.75) is 6.92 Å². The van der Waals surface area contributed by atoms with Gasteiger partial charge in [-0.2, -0.15) is 0 Å². The van der Waals surface area contributed by atoms with Gasteiger partial charge >= 0.3 is 5.97 Å². The predicted octanol–water partition coefficient (Wildman–Crippen LogP) is 3.50. The molecule has 108 valence electrons. The fourth-order valence-electron chi connectivity index (χ4n) is 1.94. The Bertz CT molecular complexity index is 728. The summed E-state index contributed by atoms with van der Waals surface area (Å²) in [4.78, 5) is 22.0. The summed E-state index contributed by atoms with van der Waals surface area (Å²) in [5, 5.41) is 11.0. The average molecular weight is 289 g/mol. The highest BCUT2D eigenvalue weighted by molar-refractivity contribution is 5.92. The molecule has 0 radical (unpaired) electrons. The zero-order valence-corrected chi connectivity index (χ0v) is 11.4. The fraction of sp³-hybridized carbons (Fsp3) is 0.133. The van der Waals surface area contributed by atoms with E-state index in [0.29, 0.717) is 16.7 Å². The lowest BCUT2D eigenvalue weighted by atomic mass is 10.0. The first kappa shape index (κ1) is 14.6. The number of non-ortho nitro benzene ring substituents is 1. The van der Waals surface area contributed by atoms with Crippen molar-refractivity contribution in [3.63, 3.8) is 0 Å².